The highest BCUT2D eigenvalue weighted by Crippen LogP contribution is 2.48. The molecule has 0 nitrogen and oxygen atoms in total. The fraction of sp³-hybridized carbons (Fsp3) is 1.00. The second kappa shape index (κ2) is 5.10. The smallest absolute Gasteiger partial charge is 0.0357 e. The lowest BCUT2D eigenvalue weighted by Crippen LogP contribution is -2.35. The van der Waals surface area contributed by atoms with E-state index in [4.69, 9.17) is 0 Å². The predicted molar refractivity (Wildman–Crippen MR) is 71.3 cm³/mol. The van der Waals surface area contributed by atoms with Gasteiger partial charge in [-0.2, -0.15) is 0 Å². The zero-order valence-electron chi connectivity index (χ0n) is 11.7. The molecule has 0 spiro atoms. The quantitative estimate of drug-likeness (QED) is 0.618. The van der Waals surface area contributed by atoms with E-state index in [9.17, 15) is 0 Å². The third-order valence-electron chi connectivity index (χ3n) is 5.71. The first-order valence-corrected chi connectivity index (χ1v) is 7.58. The van der Waals surface area contributed by atoms with E-state index >= 15 is 0 Å². The topological polar surface area (TPSA) is 0 Å². The Labute approximate surface area is 102 Å². The van der Waals surface area contributed by atoms with E-state index in [1.807, 2.05) is 0 Å². The van der Waals surface area contributed by atoms with E-state index in [1.165, 1.54) is 6.42 Å². The molecule has 0 heterocycles. The number of hydrogen-bond donors (Lipinski definition) is 0. The van der Waals surface area contributed by atoms with Gasteiger partial charge in [-0.3, -0.25) is 0 Å². The molecule has 0 aromatic carbocycles. The third-order valence-corrected chi connectivity index (χ3v) is 5.71. The first-order chi connectivity index (χ1) is 7.58. The molecule has 3 fully saturated rings. The minimum absolute atomic E-state index is 0.864. The van der Waals surface area contributed by atoms with Gasteiger partial charge >= 0.3 is 0 Å². The van der Waals surface area contributed by atoms with Crippen molar-refractivity contribution in [2.24, 2.45) is 35.5 Å². The van der Waals surface area contributed by atoms with Crippen LogP contribution in [0, 0.1) is 35.5 Å². The maximum absolute atomic E-state index is 2.53. The van der Waals surface area contributed by atoms with E-state index in [0.29, 0.717) is 0 Å². The maximum Gasteiger partial charge on any atom is -0.0357 e. The third kappa shape index (κ3) is 2.63. The average molecular weight is 222 g/mol. The van der Waals surface area contributed by atoms with Crippen molar-refractivity contribution in [2.75, 3.05) is 0 Å². The Kier molecular flexibility index (Phi) is 3.97. The van der Waals surface area contributed by atoms with E-state index in [1.54, 1.807) is 32.1 Å². The summed E-state index contributed by atoms with van der Waals surface area (Å²) >= 11 is 0. The van der Waals surface area contributed by atoms with Crippen LogP contribution in [0.15, 0.2) is 0 Å². The largest absolute Gasteiger partial charge is 0.0625 e. The van der Waals surface area contributed by atoms with Gasteiger partial charge in [-0.1, -0.05) is 40.5 Å². The first-order valence-electron chi connectivity index (χ1n) is 7.58. The van der Waals surface area contributed by atoms with Crippen LogP contribution >= 0.6 is 0 Å². The van der Waals surface area contributed by atoms with E-state index in [-0.39, 0.29) is 0 Å². The van der Waals surface area contributed by atoms with Crippen LogP contribution in [-0.4, -0.2) is 0 Å². The molecule has 0 heteroatoms. The van der Waals surface area contributed by atoms with Crippen LogP contribution in [-0.2, 0) is 0 Å². The molecule has 3 unspecified atom stereocenters. The van der Waals surface area contributed by atoms with Gasteiger partial charge in [-0.15, -0.1) is 0 Å². The van der Waals surface area contributed by atoms with Gasteiger partial charge in [0.2, 0.25) is 0 Å². The van der Waals surface area contributed by atoms with Gasteiger partial charge in [-0.25, -0.2) is 0 Å². The monoisotopic (exact) mass is 222 g/mol. The summed E-state index contributed by atoms with van der Waals surface area (Å²) in [6, 6.07) is 0. The van der Waals surface area contributed by atoms with Crippen LogP contribution in [0.25, 0.3) is 0 Å². The van der Waals surface area contributed by atoms with Crippen molar-refractivity contribution in [3.05, 3.63) is 0 Å². The predicted octanol–water partition coefficient (Wildman–Crippen LogP) is 5.13. The zero-order valence-corrected chi connectivity index (χ0v) is 11.7. The van der Waals surface area contributed by atoms with Crippen LogP contribution in [0.2, 0.25) is 0 Å². The molecule has 0 aromatic rings. The van der Waals surface area contributed by atoms with E-state index in [2.05, 4.69) is 27.7 Å². The highest BCUT2D eigenvalue weighted by molar-refractivity contribution is 4.88. The number of rotatable bonds is 4. The van der Waals surface area contributed by atoms with E-state index < -0.39 is 0 Å². The van der Waals surface area contributed by atoms with Gasteiger partial charge in [0.15, 0.2) is 0 Å². The highest BCUT2D eigenvalue weighted by atomic mass is 14.4. The maximum atomic E-state index is 2.53. The second-order valence-corrected chi connectivity index (χ2v) is 7.11. The van der Waals surface area contributed by atoms with Crippen molar-refractivity contribution >= 4 is 0 Å². The minimum Gasteiger partial charge on any atom is -0.0625 e. The summed E-state index contributed by atoms with van der Waals surface area (Å²) in [5.41, 5.74) is 0. The van der Waals surface area contributed by atoms with Gasteiger partial charge < -0.3 is 0 Å². The van der Waals surface area contributed by atoms with Crippen molar-refractivity contribution in [3.8, 4) is 0 Å². The summed E-state index contributed by atoms with van der Waals surface area (Å²) in [6.07, 6.45) is 9.23. The van der Waals surface area contributed by atoms with Crippen LogP contribution < -0.4 is 0 Å². The molecule has 3 aliphatic rings. The molecule has 3 atom stereocenters. The van der Waals surface area contributed by atoms with E-state index in [0.717, 1.165) is 35.5 Å². The summed E-state index contributed by atoms with van der Waals surface area (Å²) in [5, 5.41) is 0. The zero-order chi connectivity index (χ0) is 11.7. The Morgan fingerprint density at radius 2 is 1.56 bits per heavy atom. The van der Waals surface area contributed by atoms with Crippen molar-refractivity contribution in [2.45, 2.75) is 66.2 Å². The molecule has 0 radical (unpaired) electrons. The lowest BCUT2D eigenvalue weighted by Gasteiger charge is -2.45. The Hall–Kier alpha value is 0. The minimum atomic E-state index is 0.864. The van der Waals surface area contributed by atoms with Gasteiger partial charge in [0.05, 0.1) is 0 Å². The summed E-state index contributed by atoms with van der Waals surface area (Å²) in [7, 11) is 0. The number of hydrogen-bond acceptors (Lipinski definition) is 0. The molecule has 0 aromatic heterocycles. The molecular formula is C16H30. The highest BCUT2D eigenvalue weighted by Gasteiger charge is 2.38. The molecule has 0 saturated heterocycles. The van der Waals surface area contributed by atoms with Crippen LogP contribution in [0.1, 0.15) is 66.2 Å². The van der Waals surface area contributed by atoms with Crippen LogP contribution in [0.4, 0.5) is 0 Å². The Morgan fingerprint density at radius 3 is 2.00 bits per heavy atom. The Morgan fingerprint density at radius 1 is 0.938 bits per heavy atom. The van der Waals surface area contributed by atoms with Crippen molar-refractivity contribution in [3.63, 3.8) is 0 Å². The van der Waals surface area contributed by atoms with Crippen molar-refractivity contribution < 1.29 is 0 Å². The standard InChI is InChI=1S/C16H30/c1-11(2)12(3)9-13(4)16-10-14-5-7-15(16)8-6-14/h11-16H,5-10H2,1-4H3. The average Bonchev–Trinajstić information content (AvgIpc) is 2.30. The normalized spacial score (nSPS) is 37.7. The lowest BCUT2D eigenvalue weighted by molar-refractivity contribution is 0.0520. The molecule has 0 amide bonds. The molecular weight excluding hydrogens is 192 g/mol. The molecule has 0 aliphatic heterocycles. The fourth-order valence-corrected chi connectivity index (χ4v) is 4.16. The van der Waals surface area contributed by atoms with Crippen LogP contribution in [0.5, 0.6) is 0 Å². The molecule has 3 aliphatic carbocycles. The van der Waals surface area contributed by atoms with Gasteiger partial charge in [0.1, 0.15) is 0 Å². The van der Waals surface area contributed by atoms with Gasteiger partial charge in [0.25, 0.3) is 0 Å². The summed E-state index contributed by atoms with van der Waals surface area (Å²) in [6.45, 7) is 9.74. The Bertz CT molecular complexity index is 210. The summed E-state index contributed by atoms with van der Waals surface area (Å²) in [5.74, 6) is 6.03. The molecule has 94 valence electrons. The Balaban J connectivity index is 1.87. The van der Waals surface area contributed by atoms with Crippen molar-refractivity contribution in [1.29, 1.82) is 0 Å². The van der Waals surface area contributed by atoms with Gasteiger partial charge in [-0.05, 0) is 61.2 Å². The summed E-state index contributed by atoms with van der Waals surface area (Å²) < 4.78 is 0. The molecule has 0 N–H and O–H groups in total. The lowest BCUT2D eigenvalue weighted by atomic mass is 9.60. The van der Waals surface area contributed by atoms with Crippen molar-refractivity contribution in [1.82, 2.24) is 0 Å². The summed E-state index contributed by atoms with van der Waals surface area (Å²) in [4.78, 5) is 0. The number of fused-ring (bicyclic) bond motifs is 3. The van der Waals surface area contributed by atoms with Gasteiger partial charge in [0, 0.05) is 0 Å². The molecule has 3 rings (SSSR count). The molecule has 3 saturated carbocycles. The SMILES string of the molecule is CC(C)C(C)CC(C)C1CC2CCC1CC2. The molecule has 16 heavy (non-hydrogen) atoms. The first kappa shape index (κ1) is 12.5. The second-order valence-electron chi connectivity index (χ2n) is 7.11. The molecule has 2 bridgehead atoms. The fourth-order valence-electron chi connectivity index (χ4n) is 4.16. The van der Waals surface area contributed by atoms with Crippen LogP contribution in [0.3, 0.4) is 0 Å².